The molecule has 1 aliphatic heterocycles. The van der Waals surface area contributed by atoms with Crippen LogP contribution in [0.4, 0.5) is 0 Å². The number of amides is 2. The highest BCUT2D eigenvalue weighted by molar-refractivity contribution is 9.10. The Labute approximate surface area is 133 Å². The molecule has 1 aromatic heterocycles. The fourth-order valence-electron chi connectivity index (χ4n) is 2.09. The zero-order chi connectivity index (χ0) is 15.7. The van der Waals surface area contributed by atoms with Crippen LogP contribution in [0.1, 0.15) is 26.5 Å². The number of aromatic nitrogens is 1. The summed E-state index contributed by atoms with van der Waals surface area (Å²) in [6.07, 6.45) is 0.324. The van der Waals surface area contributed by atoms with Crippen LogP contribution >= 0.6 is 15.9 Å². The summed E-state index contributed by atoms with van der Waals surface area (Å²) in [4.78, 5) is 29.5. The minimum Gasteiger partial charge on any atom is -0.478 e. The molecular weight excluding hydrogens is 356 g/mol. The second kappa shape index (κ2) is 5.90. The van der Waals surface area contributed by atoms with Gasteiger partial charge in [0.15, 0.2) is 5.76 Å². The molecule has 0 saturated heterocycles. The number of nitrogens with zero attached hydrogens (tertiary/aromatic N) is 2. The summed E-state index contributed by atoms with van der Waals surface area (Å²) in [5.41, 5.74) is 0.685. The molecule has 114 valence electrons. The molecule has 1 aliphatic rings. The molecule has 0 fully saturated rings. The van der Waals surface area contributed by atoms with Gasteiger partial charge in [-0.25, -0.2) is 0 Å². The Kier molecular flexibility index (Phi) is 3.95. The van der Waals surface area contributed by atoms with Gasteiger partial charge in [-0.2, -0.15) is 0 Å². The quantitative estimate of drug-likeness (QED) is 0.754. The van der Waals surface area contributed by atoms with Gasteiger partial charge in [0.25, 0.3) is 17.7 Å². The minimum atomic E-state index is -0.463. The van der Waals surface area contributed by atoms with E-state index in [-0.39, 0.29) is 6.61 Å². The van der Waals surface area contributed by atoms with Crippen molar-refractivity contribution in [1.82, 2.24) is 10.2 Å². The van der Waals surface area contributed by atoms with Gasteiger partial charge in [-0.3, -0.25) is 14.4 Å². The largest absolute Gasteiger partial charge is 0.478 e. The maximum Gasteiger partial charge on any atom is 0.285 e. The van der Waals surface area contributed by atoms with Crippen LogP contribution < -0.4 is 4.74 Å². The first kappa shape index (κ1) is 14.7. The lowest BCUT2D eigenvalue weighted by Crippen LogP contribution is -2.30. The van der Waals surface area contributed by atoms with Gasteiger partial charge in [0.2, 0.25) is 0 Å². The van der Waals surface area contributed by atoms with Crippen LogP contribution in [-0.4, -0.2) is 35.8 Å². The van der Waals surface area contributed by atoms with E-state index in [1.165, 1.54) is 7.11 Å². The highest BCUT2D eigenvalue weighted by Gasteiger charge is 2.36. The molecule has 0 unspecified atom stereocenters. The topological polar surface area (TPSA) is 81.9 Å². The van der Waals surface area contributed by atoms with Crippen LogP contribution in [0.25, 0.3) is 0 Å². The Morgan fingerprint density at radius 3 is 2.41 bits per heavy atom. The SMILES string of the molecule is COc1noc(CCON2C(=O)c3ccccc3C2=O)c1Br. The van der Waals surface area contributed by atoms with Gasteiger partial charge in [-0.1, -0.05) is 12.1 Å². The molecule has 0 aliphatic carbocycles. The molecule has 0 bridgehead atoms. The molecule has 0 atom stereocenters. The monoisotopic (exact) mass is 366 g/mol. The van der Waals surface area contributed by atoms with Crippen molar-refractivity contribution in [1.29, 1.82) is 0 Å². The molecular formula is C14H11BrN2O5. The zero-order valence-electron chi connectivity index (χ0n) is 11.5. The van der Waals surface area contributed by atoms with Crippen LogP contribution in [0.2, 0.25) is 0 Å². The summed E-state index contributed by atoms with van der Waals surface area (Å²) in [5.74, 6) is -0.0891. The molecule has 0 radical (unpaired) electrons. The van der Waals surface area contributed by atoms with Crippen molar-refractivity contribution in [2.45, 2.75) is 6.42 Å². The summed E-state index contributed by atoms with van der Waals surface area (Å²) in [7, 11) is 1.47. The maximum absolute atomic E-state index is 12.1. The standard InChI is InChI=1S/C14H11BrN2O5/c1-20-12-11(15)10(22-16-12)6-7-21-17-13(18)8-4-2-3-5-9(8)14(17)19/h2-5H,6-7H2,1H3. The molecule has 8 heteroatoms. The molecule has 0 spiro atoms. The average molecular weight is 367 g/mol. The van der Waals surface area contributed by atoms with Gasteiger partial charge in [-0.15, -0.1) is 5.06 Å². The first-order chi connectivity index (χ1) is 10.6. The van der Waals surface area contributed by atoms with Crippen LogP contribution in [0.3, 0.4) is 0 Å². The van der Waals surface area contributed by atoms with Crippen molar-refractivity contribution >= 4 is 27.7 Å². The number of methoxy groups -OCH3 is 1. The van der Waals surface area contributed by atoms with Crippen LogP contribution in [0.15, 0.2) is 33.3 Å². The zero-order valence-corrected chi connectivity index (χ0v) is 13.1. The maximum atomic E-state index is 12.1. The third-order valence-electron chi connectivity index (χ3n) is 3.17. The Balaban J connectivity index is 1.64. The first-order valence-corrected chi connectivity index (χ1v) is 7.21. The van der Waals surface area contributed by atoms with Gasteiger partial charge in [0.05, 0.1) is 24.8 Å². The highest BCUT2D eigenvalue weighted by Crippen LogP contribution is 2.28. The molecule has 1 aromatic carbocycles. The Morgan fingerprint density at radius 1 is 1.23 bits per heavy atom. The van der Waals surface area contributed by atoms with Crippen molar-refractivity contribution in [2.24, 2.45) is 0 Å². The first-order valence-electron chi connectivity index (χ1n) is 6.42. The summed E-state index contributed by atoms with van der Waals surface area (Å²) in [6.45, 7) is 0.0857. The van der Waals surface area contributed by atoms with Crippen molar-refractivity contribution < 1.29 is 23.7 Å². The lowest BCUT2D eigenvalue weighted by atomic mass is 10.1. The van der Waals surface area contributed by atoms with Gasteiger partial charge in [0, 0.05) is 6.42 Å². The van der Waals surface area contributed by atoms with Crippen LogP contribution in [-0.2, 0) is 11.3 Å². The number of imide groups is 1. The highest BCUT2D eigenvalue weighted by atomic mass is 79.9. The summed E-state index contributed by atoms with van der Waals surface area (Å²) in [6, 6.07) is 6.59. The number of benzene rings is 1. The van der Waals surface area contributed by atoms with E-state index in [4.69, 9.17) is 14.1 Å². The third-order valence-corrected chi connectivity index (χ3v) is 3.95. The number of hydrogen-bond donors (Lipinski definition) is 0. The van der Waals surface area contributed by atoms with E-state index < -0.39 is 11.8 Å². The summed E-state index contributed by atoms with van der Waals surface area (Å²) >= 11 is 3.29. The van der Waals surface area contributed by atoms with E-state index in [1.54, 1.807) is 24.3 Å². The van der Waals surface area contributed by atoms with Gasteiger partial charge in [0.1, 0.15) is 4.47 Å². The van der Waals surface area contributed by atoms with E-state index in [2.05, 4.69) is 21.1 Å². The fourth-order valence-corrected chi connectivity index (χ4v) is 2.60. The second-order valence-electron chi connectivity index (χ2n) is 4.46. The van der Waals surface area contributed by atoms with Gasteiger partial charge >= 0.3 is 0 Å². The van der Waals surface area contributed by atoms with E-state index in [1.807, 2.05) is 0 Å². The predicted octanol–water partition coefficient (Wildman–Crippen LogP) is 2.22. The Bertz CT molecular complexity index is 708. The summed E-state index contributed by atoms with van der Waals surface area (Å²) < 4.78 is 10.6. The molecule has 2 heterocycles. The van der Waals surface area contributed by atoms with Crippen molar-refractivity contribution in [3.05, 3.63) is 45.6 Å². The predicted molar refractivity (Wildman–Crippen MR) is 77.4 cm³/mol. The van der Waals surface area contributed by atoms with Crippen molar-refractivity contribution in [3.8, 4) is 5.88 Å². The molecule has 0 saturated carbocycles. The van der Waals surface area contributed by atoms with E-state index in [0.29, 0.717) is 33.7 Å². The number of rotatable bonds is 5. The second-order valence-corrected chi connectivity index (χ2v) is 5.26. The number of hydroxylamine groups is 2. The molecule has 3 rings (SSSR count). The number of fused-ring (bicyclic) bond motifs is 1. The molecule has 7 nitrogen and oxygen atoms in total. The summed E-state index contributed by atoms with van der Waals surface area (Å²) in [5, 5.41) is 4.47. The molecule has 22 heavy (non-hydrogen) atoms. The smallest absolute Gasteiger partial charge is 0.285 e. The average Bonchev–Trinajstić information content (AvgIpc) is 3.01. The third kappa shape index (κ3) is 2.40. The van der Waals surface area contributed by atoms with Crippen molar-refractivity contribution in [3.63, 3.8) is 0 Å². The van der Waals surface area contributed by atoms with Gasteiger partial charge < -0.3 is 9.26 Å². The van der Waals surface area contributed by atoms with Gasteiger partial charge in [-0.05, 0) is 33.2 Å². The van der Waals surface area contributed by atoms with Crippen LogP contribution in [0.5, 0.6) is 5.88 Å². The lowest BCUT2D eigenvalue weighted by Gasteiger charge is -2.12. The van der Waals surface area contributed by atoms with E-state index in [0.717, 1.165) is 5.06 Å². The number of hydrogen-bond acceptors (Lipinski definition) is 6. The van der Waals surface area contributed by atoms with Crippen LogP contribution in [0, 0.1) is 0 Å². The minimum absolute atomic E-state index is 0.0857. The number of carbonyl (C=O) groups excluding carboxylic acids is 2. The Morgan fingerprint density at radius 2 is 1.86 bits per heavy atom. The lowest BCUT2D eigenvalue weighted by molar-refractivity contribution is -0.0911. The normalized spacial score (nSPS) is 13.6. The Hall–Kier alpha value is -2.19. The van der Waals surface area contributed by atoms with E-state index >= 15 is 0 Å². The molecule has 0 N–H and O–H groups in total. The number of ether oxygens (including phenoxy) is 1. The fraction of sp³-hybridized carbons (Fsp3) is 0.214. The number of halogens is 1. The molecule has 2 amide bonds. The van der Waals surface area contributed by atoms with E-state index in [9.17, 15) is 9.59 Å². The number of carbonyl (C=O) groups is 2. The molecule has 2 aromatic rings. The van der Waals surface area contributed by atoms with Crippen molar-refractivity contribution in [2.75, 3.05) is 13.7 Å².